The van der Waals surface area contributed by atoms with Gasteiger partial charge in [0.1, 0.15) is 0 Å². The van der Waals surface area contributed by atoms with Gasteiger partial charge in [-0.25, -0.2) is 0 Å². The smallest absolute Gasteiger partial charge is 0.245 e. The molecule has 0 saturated carbocycles. The molecule has 0 aliphatic carbocycles. The second-order valence-corrected chi connectivity index (χ2v) is 3.81. The third-order valence-electron chi connectivity index (χ3n) is 2.17. The van der Waals surface area contributed by atoms with E-state index in [1.807, 2.05) is 13.0 Å². The Morgan fingerprint density at radius 2 is 1.93 bits per heavy atom. The quantitative estimate of drug-likeness (QED) is 0.428. The normalized spacial score (nSPS) is 15.8. The SMILES string of the molecule is C/C(=C\C(N)=C\C(C)C(C)C)[N+](=O)[O-]. The molecule has 4 nitrogen and oxygen atoms in total. The zero-order chi connectivity index (χ0) is 11.3. The van der Waals surface area contributed by atoms with Crippen molar-refractivity contribution in [2.45, 2.75) is 27.7 Å². The van der Waals surface area contributed by atoms with Gasteiger partial charge in [-0.15, -0.1) is 0 Å². The molecule has 0 spiro atoms. The molecule has 0 aromatic carbocycles. The maximum Gasteiger partial charge on any atom is 0.245 e. The van der Waals surface area contributed by atoms with Gasteiger partial charge in [-0.05, 0) is 11.8 Å². The first-order chi connectivity index (χ1) is 6.34. The summed E-state index contributed by atoms with van der Waals surface area (Å²) in [4.78, 5) is 9.87. The molecule has 0 heterocycles. The van der Waals surface area contributed by atoms with Crippen LogP contribution < -0.4 is 5.73 Å². The van der Waals surface area contributed by atoms with Gasteiger partial charge in [0, 0.05) is 18.7 Å². The minimum atomic E-state index is -0.444. The summed E-state index contributed by atoms with van der Waals surface area (Å²) in [6, 6.07) is 0. The standard InChI is InChI=1S/C10H18N2O2/c1-7(2)8(3)5-10(11)6-9(4)12(13)14/h5-8H,11H2,1-4H3/b9-6+,10-5-. The molecule has 0 radical (unpaired) electrons. The van der Waals surface area contributed by atoms with Crippen LogP contribution in [-0.2, 0) is 0 Å². The molecule has 0 bridgehead atoms. The van der Waals surface area contributed by atoms with Crippen LogP contribution in [0.3, 0.4) is 0 Å². The Bertz CT molecular complexity index is 267. The molecule has 1 atom stereocenters. The van der Waals surface area contributed by atoms with Crippen LogP contribution in [-0.4, -0.2) is 4.92 Å². The predicted octanol–water partition coefficient (Wildman–Crippen LogP) is 2.30. The van der Waals surface area contributed by atoms with E-state index < -0.39 is 4.92 Å². The predicted molar refractivity (Wildman–Crippen MR) is 57.0 cm³/mol. The van der Waals surface area contributed by atoms with E-state index in [2.05, 4.69) is 13.8 Å². The average Bonchev–Trinajstić information content (AvgIpc) is 2.03. The lowest BCUT2D eigenvalue weighted by Gasteiger charge is -2.10. The maximum absolute atomic E-state index is 10.3. The highest BCUT2D eigenvalue weighted by Gasteiger charge is 2.06. The summed E-state index contributed by atoms with van der Waals surface area (Å²) < 4.78 is 0. The molecule has 4 heteroatoms. The molecule has 0 aliphatic rings. The summed E-state index contributed by atoms with van der Waals surface area (Å²) in [5.41, 5.74) is 6.15. The number of nitrogens with two attached hydrogens (primary N) is 1. The Hall–Kier alpha value is -1.32. The van der Waals surface area contributed by atoms with Crippen LogP contribution in [0, 0.1) is 22.0 Å². The molecule has 0 aliphatic heterocycles. The van der Waals surface area contributed by atoms with Crippen LogP contribution in [0.15, 0.2) is 23.5 Å². The van der Waals surface area contributed by atoms with Crippen LogP contribution in [0.25, 0.3) is 0 Å². The zero-order valence-electron chi connectivity index (χ0n) is 9.15. The van der Waals surface area contributed by atoms with Gasteiger partial charge in [-0.3, -0.25) is 10.1 Å². The number of nitro groups is 1. The van der Waals surface area contributed by atoms with Crippen LogP contribution in [0.4, 0.5) is 0 Å². The first-order valence-corrected chi connectivity index (χ1v) is 4.64. The Morgan fingerprint density at radius 1 is 1.43 bits per heavy atom. The molecule has 0 rings (SSSR count). The van der Waals surface area contributed by atoms with E-state index in [0.717, 1.165) is 0 Å². The third-order valence-corrected chi connectivity index (χ3v) is 2.17. The Labute approximate surface area is 84.6 Å². The van der Waals surface area contributed by atoms with E-state index in [0.29, 0.717) is 17.5 Å². The summed E-state index contributed by atoms with van der Waals surface area (Å²) in [5.74, 6) is 0.809. The van der Waals surface area contributed by atoms with E-state index in [4.69, 9.17) is 5.73 Å². The van der Waals surface area contributed by atoms with Crippen molar-refractivity contribution in [1.29, 1.82) is 0 Å². The molecule has 80 valence electrons. The minimum Gasteiger partial charge on any atom is -0.399 e. The van der Waals surface area contributed by atoms with E-state index in [9.17, 15) is 10.1 Å². The highest BCUT2D eigenvalue weighted by molar-refractivity contribution is 5.17. The zero-order valence-corrected chi connectivity index (χ0v) is 9.15. The van der Waals surface area contributed by atoms with E-state index >= 15 is 0 Å². The van der Waals surface area contributed by atoms with Crippen molar-refractivity contribution < 1.29 is 4.92 Å². The molecule has 1 unspecified atom stereocenters. The molecular weight excluding hydrogens is 180 g/mol. The molecule has 2 N–H and O–H groups in total. The van der Waals surface area contributed by atoms with E-state index in [1.165, 1.54) is 13.0 Å². The Morgan fingerprint density at radius 3 is 2.29 bits per heavy atom. The van der Waals surface area contributed by atoms with Crippen molar-refractivity contribution >= 4 is 0 Å². The fourth-order valence-corrected chi connectivity index (χ4v) is 0.838. The first-order valence-electron chi connectivity index (χ1n) is 4.64. The lowest BCUT2D eigenvalue weighted by atomic mass is 9.97. The number of rotatable bonds is 4. The highest BCUT2D eigenvalue weighted by atomic mass is 16.6. The fourth-order valence-electron chi connectivity index (χ4n) is 0.838. The van der Waals surface area contributed by atoms with Gasteiger partial charge in [0.25, 0.3) is 0 Å². The fraction of sp³-hybridized carbons (Fsp3) is 0.600. The number of allylic oxidation sites excluding steroid dienone is 3. The van der Waals surface area contributed by atoms with E-state index in [-0.39, 0.29) is 5.70 Å². The van der Waals surface area contributed by atoms with Gasteiger partial charge in [0.2, 0.25) is 5.70 Å². The van der Waals surface area contributed by atoms with Crippen LogP contribution in [0.5, 0.6) is 0 Å². The van der Waals surface area contributed by atoms with Crippen molar-refractivity contribution in [3.8, 4) is 0 Å². The van der Waals surface area contributed by atoms with Crippen molar-refractivity contribution in [2.24, 2.45) is 17.6 Å². The second-order valence-electron chi connectivity index (χ2n) is 3.81. The van der Waals surface area contributed by atoms with Gasteiger partial charge in [0.15, 0.2) is 0 Å². The van der Waals surface area contributed by atoms with Crippen LogP contribution >= 0.6 is 0 Å². The minimum absolute atomic E-state index is 0.0645. The summed E-state index contributed by atoms with van der Waals surface area (Å²) in [6.07, 6.45) is 3.23. The van der Waals surface area contributed by atoms with Gasteiger partial charge in [-0.2, -0.15) is 0 Å². The molecule has 0 fully saturated rings. The third kappa shape index (κ3) is 4.64. The molecule has 0 amide bonds. The van der Waals surface area contributed by atoms with Crippen molar-refractivity contribution in [3.63, 3.8) is 0 Å². The summed E-state index contributed by atoms with van der Waals surface area (Å²) in [5, 5.41) is 10.3. The number of nitrogens with zero attached hydrogens (tertiary/aromatic N) is 1. The molecular formula is C10H18N2O2. The maximum atomic E-state index is 10.3. The molecule has 0 aromatic rings. The largest absolute Gasteiger partial charge is 0.399 e. The van der Waals surface area contributed by atoms with Crippen molar-refractivity contribution in [1.82, 2.24) is 0 Å². The first kappa shape index (κ1) is 12.7. The summed E-state index contributed by atoms with van der Waals surface area (Å²) in [6.45, 7) is 7.63. The summed E-state index contributed by atoms with van der Waals surface area (Å²) in [7, 11) is 0. The van der Waals surface area contributed by atoms with Crippen molar-refractivity contribution in [2.75, 3.05) is 0 Å². The van der Waals surface area contributed by atoms with Gasteiger partial charge >= 0.3 is 0 Å². The van der Waals surface area contributed by atoms with Crippen LogP contribution in [0.2, 0.25) is 0 Å². The lowest BCUT2D eigenvalue weighted by Crippen LogP contribution is -2.05. The topological polar surface area (TPSA) is 69.2 Å². The van der Waals surface area contributed by atoms with Gasteiger partial charge in [0.05, 0.1) is 4.92 Å². The van der Waals surface area contributed by atoms with Crippen molar-refractivity contribution in [3.05, 3.63) is 33.7 Å². The monoisotopic (exact) mass is 198 g/mol. The van der Waals surface area contributed by atoms with Crippen LogP contribution in [0.1, 0.15) is 27.7 Å². The average molecular weight is 198 g/mol. The molecule has 0 aromatic heterocycles. The second kappa shape index (κ2) is 5.42. The summed E-state index contributed by atoms with van der Waals surface area (Å²) >= 11 is 0. The number of hydrogen-bond donors (Lipinski definition) is 1. The highest BCUT2D eigenvalue weighted by Crippen LogP contribution is 2.12. The van der Waals surface area contributed by atoms with E-state index in [1.54, 1.807) is 0 Å². The van der Waals surface area contributed by atoms with Gasteiger partial charge in [-0.1, -0.05) is 26.8 Å². The van der Waals surface area contributed by atoms with Gasteiger partial charge < -0.3 is 5.73 Å². The number of hydrogen-bond acceptors (Lipinski definition) is 3. The lowest BCUT2D eigenvalue weighted by molar-refractivity contribution is -0.424. The Kier molecular flexibility index (Phi) is 4.91. The molecule has 0 saturated heterocycles. The molecule has 14 heavy (non-hydrogen) atoms. The Balaban J connectivity index is 4.55.